The van der Waals surface area contributed by atoms with Crippen LogP contribution >= 0.6 is 15.9 Å². The molecule has 0 saturated carbocycles. The molecule has 0 aliphatic carbocycles. The Kier molecular flexibility index (Phi) is 2.76. The lowest BCUT2D eigenvalue weighted by atomic mass is 10.3. The quantitative estimate of drug-likeness (QED) is 0.728. The Hall–Kier alpha value is -1.88. The van der Waals surface area contributed by atoms with E-state index in [4.69, 9.17) is 0 Å². The van der Waals surface area contributed by atoms with Crippen LogP contribution in [0.2, 0.25) is 0 Å². The molecule has 0 fully saturated rings. The van der Waals surface area contributed by atoms with E-state index in [0.717, 1.165) is 21.8 Å². The molecule has 2 aromatic heterocycles. The van der Waals surface area contributed by atoms with Gasteiger partial charge in [-0.25, -0.2) is 9.97 Å². The first-order valence-electron chi connectivity index (χ1n) is 5.54. The molecule has 5 heteroatoms. The lowest BCUT2D eigenvalue weighted by molar-refractivity contribution is 1.05. The summed E-state index contributed by atoms with van der Waals surface area (Å²) in [5.74, 6) is 0.820. The molecular weight excluding hydrogens is 292 g/mol. The lowest BCUT2D eigenvalue weighted by Gasteiger charge is -2.18. The molecule has 4 nitrogen and oxygen atoms in total. The van der Waals surface area contributed by atoms with E-state index in [0.29, 0.717) is 0 Å². The third-order valence-electron chi connectivity index (χ3n) is 2.79. The molecule has 0 aliphatic heterocycles. The Bertz CT molecular complexity index is 678. The Morgan fingerprint density at radius 3 is 2.78 bits per heavy atom. The van der Waals surface area contributed by atoms with Gasteiger partial charge in [0, 0.05) is 31.3 Å². The fraction of sp³-hybridized carbons (Fsp3) is 0.0769. The van der Waals surface area contributed by atoms with Gasteiger partial charge in [-0.15, -0.1) is 0 Å². The Morgan fingerprint density at radius 1 is 1.22 bits per heavy atom. The van der Waals surface area contributed by atoms with Crippen LogP contribution in [0.15, 0.2) is 53.5 Å². The molecule has 0 spiro atoms. The SMILES string of the molecule is CN(c1ccccc1)c1nc(Br)cn2ccnc12. The topological polar surface area (TPSA) is 33.4 Å². The van der Waals surface area contributed by atoms with Crippen molar-refractivity contribution < 1.29 is 0 Å². The highest BCUT2D eigenvalue weighted by atomic mass is 79.9. The maximum absolute atomic E-state index is 4.51. The number of imidazole rings is 1. The van der Waals surface area contributed by atoms with Crippen LogP contribution in [-0.4, -0.2) is 21.4 Å². The first-order valence-corrected chi connectivity index (χ1v) is 6.33. The number of benzene rings is 1. The second kappa shape index (κ2) is 4.42. The summed E-state index contributed by atoms with van der Waals surface area (Å²) < 4.78 is 2.73. The van der Waals surface area contributed by atoms with Crippen LogP contribution in [0.5, 0.6) is 0 Å². The average Bonchev–Trinajstić information content (AvgIpc) is 2.86. The minimum atomic E-state index is 0.783. The Morgan fingerprint density at radius 2 is 2.00 bits per heavy atom. The van der Waals surface area contributed by atoms with Crippen LogP contribution in [0.1, 0.15) is 0 Å². The Balaban J connectivity index is 2.17. The highest BCUT2D eigenvalue weighted by Gasteiger charge is 2.12. The lowest BCUT2D eigenvalue weighted by Crippen LogP contribution is -2.13. The largest absolute Gasteiger partial charge is 0.326 e. The molecule has 0 bridgehead atoms. The number of anilines is 2. The molecule has 3 rings (SSSR count). The van der Waals surface area contributed by atoms with Crippen LogP contribution in [0.3, 0.4) is 0 Å². The molecule has 2 heterocycles. The fourth-order valence-electron chi connectivity index (χ4n) is 1.88. The van der Waals surface area contributed by atoms with E-state index < -0.39 is 0 Å². The third kappa shape index (κ3) is 1.86. The number of para-hydroxylation sites is 1. The number of fused-ring (bicyclic) bond motifs is 1. The summed E-state index contributed by atoms with van der Waals surface area (Å²) in [6.45, 7) is 0. The van der Waals surface area contributed by atoms with E-state index in [1.54, 1.807) is 6.20 Å². The van der Waals surface area contributed by atoms with Gasteiger partial charge < -0.3 is 9.30 Å². The van der Waals surface area contributed by atoms with Crippen LogP contribution in [0.25, 0.3) is 5.65 Å². The molecular formula is C13H11BrN4. The van der Waals surface area contributed by atoms with Crippen molar-refractivity contribution in [3.05, 3.63) is 53.5 Å². The molecule has 1 aromatic carbocycles. The predicted molar refractivity (Wildman–Crippen MR) is 75.2 cm³/mol. The molecule has 90 valence electrons. The summed E-state index contributed by atoms with van der Waals surface area (Å²) in [4.78, 5) is 10.9. The zero-order valence-electron chi connectivity index (χ0n) is 9.79. The van der Waals surface area contributed by atoms with Gasteiger partial charge in [0.25, 0.3) is 0 Å². The number of aromatic nitrogens is 3. The molecule has 18 heavy (non-hydrogen) atoms. The Labute approximate surface area is 113 Å². The zero-order valence-corrected chi connectivity index (χ0v) is 11.4. The van der Waals surface area contributed by atoms with E-state index in [1.165, 1.54) is 0 Å². The van der Waals surface area contributed by atoms with Crippen LogP contribution < -0.4 is 4.90 Å². The van der Waals surface area contributed by atoms with E-state index in [2.05, 4.69) is 25.9 Å². The van der Waals surface area contributed by atoms with E-state index in [1.807, 2.05) is 59.1 Å². The van der Waals surface area contributed by atoms with Gasteiger partial charge in [0.15, 0.2) is 11.5 Å². The molecule has 0 N–H and O–H groups in total. The van der Waals surface area contributed by atoms with Crippen LogP contribution in [0.4, 0.5) is 11.5 Å². The minimum Gasteiger partial charge on any atom is -0.326 e. The van der Waals surface area contributed by atoms with E-state index in [-0.39, 0.29) is 0 Å². The summed E-state index contributed by atoms with van der Waals surface area (Å²) in [6, 6.07) is 10.1. The second-order valence-corrected chi connectivity index (χ2v) is 4.75. The second-order valence-electron chi connectivity index (χ2n) is 3.94. The van der Waals surface area contributed by atoms with Gasteiger partial charge in [-0.2, -0.15) is 0 Å². The van der Waals surface area contributed by atoms with Crippen molar-refractivity contribution in [2.24, 2.45) is 0 Å². The standard InChI is InChI=1S/C13H11BrN4/c1-17(10-5-3-2-4-6-10)13-12-15-7-8-18(12)9-11(14)16-13/h2-9H,1H3. The van der Waals surface area contributed by atoms with Gasteiger partial charge in [0.1, 0.15) is 4.60 Å². The van der Waals surface area contributed by atoms with Crippen molar-refractivity contribution in [1.82, 2.24) is 14.4 Å². The molecule has 0 atom stereocenters. The summed E-state index contributed by atoms with van der Waals surface area (Å²) in [7, 11) is 1.98. The van der Waals surface area contributed by atoms with Gasteiger partial charge in [-0.1, -0.05) is 18.2 Å². The van der Waals surface area contributed by atoms with Crippen molar-refractivity contribution in [3.8, 4) is 0 Å². The van der Waals surface area contributed by atoms with Crippen molar-refractivity contribution >= 4 is 33.1 Å². The van der Waals surface area contributed by atoms with Crippen LogP contribution in [0, 0.1) is 0 Å². The van der Waals surface area contributed by atoms with Gasteiger partial charge >= 0.3 is 0 Å². The van der Waals surface area contributed by atoms with Gasteiger partial charge in [-0.05, 0) is 28.1 Å². The van der Waals surface area contributed by atoms with Gasteiger partial charge in [-0.3, -0.25) is 0 Å². The van der Waals surface area contributed by atoms with Gasteiger partial charge in [0.05, 0.1) is 0 Å². The van der Waals surface area contributed by atoms with Crippen molar-refractivity contribution in [2.45, 2.75) is 0 Å². The first-order chi connectivity index (χ1) is 8.75. The fourth-order valence-corrected chi connectivity index (χ4v) is 2.27. The van der Waals surface area contributed by atoms with E-state index in [9.17, 15) is 0 Å². The molecule has 0 radical (unpaired) electrons. The molecule has 0 amide bonds. The average molecular weight is 303 g/mol. The summed E-state index contributed by atoms with van der Waals surface area (Å²) >= 11 is 3.42. The maximum Gasteiger partial charge on any atom is 0.180 e. The number of halogens is 1. The maximum atomic E-state index is 4.51. The summed E-state index contributed by atoms with van der Waals surface area (Å²) in [5, 5.41) is 0. The monoisotopic (exact) mass is 302 g/mol. The molecule has 3 aromatic rings. The first kappa shape index (κ1) is 11.2. The minimum absolute atomic E-state index is 0.783. The van der Waals surface area contributed by atoms with Crippen molar-refractivity contribution in [1.29, 1.82) is 0 Å². The normalized spacial score (nSPS) is 10.8. The summed E-state index contributed by atoms with van der Waals surface area (Å²) in [5.41, 5.74) is 1.91. The smallest absolute Gasteiger partial charge is 0.180 e. The highest BCUT2D eigenvalue weighted by Crippen LogP contribution is 2.26. The summed E-state index contributed by atoms with van der Waals surface area (Å²) in [6.07, 6.45) is 5.57. The van der Waals surface area contributed by atoms with E-state index >= 15 is 0 Å². The number of nitrogens with zero attached hydrogens (tertiary/aromatic N) is 4. The number of hydrogen-bond donors (Lipinski definition) is 0. The zero-order chi connectivity index (χ0) is 12.5. The molecule has 0 saturated heterocycles. The molecule has 0 unspecified atom stereocenters. The number of rotatable bonds is 2. The van der Waals surface area contributed by atoms with Crippen molar-refractivity contribution in [3.63, 3.8) is 0 Å². The van der Waals surface area contributed by atoms with Gasteiger partial charge in [0.2, 0.25) is 0 Å². The van der Waals surface area contributed by atoms with Crippen molar-refractivity contribution in [2.75, 3.05) is 11.9 Å². The van der Waals surface area contributed by atoms with Crippen LogP contribution in [-0.2, 0) is 0 Å². The number of hydrogen-bond acceptors (Lipinski definition) is 3. The molecule has 0 aliphatic rings. The predicted octanol–water partition coefficient (Wildman–Crippen LogP) is 3.26. The highest BCUT2D eigenvalue weighted by molar-refractivity contribution is 9.10. The third-order valence-corrected chi connectivity index (χ3v) is 3.17.